The van der Waals surface area contributed by atoms with Gasteiger partial charge in [0, 0.05) is 43.9 Å². The van der Waals surface area contributed by atoms with E-state index in [-0.39, 0.29) is 28.9 Å². The Kier molecular flexibility index (Phi) is 5.48. The van der Waals surface area contributed by atoms with E-state index in [2.05, 4.69) is 22.2 Å². The molecule has 1 aliphatic rings. The van der Waals surface area contributed by atoms with Crippen molar-refractivity contribution >= 4 is 11.9 Å². The summed E-state index contributed by atoms with van der Waals surface area (Å²) in [5.41, 5.74) is 2.72. The van der Waals surface area contributed by atoms with Crippen molar-refractivity contribution in [2.24, 2.45) is 0 Å². The fourth-order valence-corrected chi connectivity index (χ4v) is 3.21. The number of amides is 1. The molecular formula is C20H26N4O3. The number of aromatic hydroxyl groups is 2. The van der Waals surface area contributed by atoms with Gasteiger partial charge in [0.1, 0.15) is 11.5 Å². The zero-order valence-electron chi connectivity index (χ0n) is 16.0. The molecule has 0 spiro atoms. The van der Waals surface area contributed by atoms with Crippen LogP contribution in [0.5, 0.6) is 11.5 Å². The largest absolute Gasteiger partial charge is 0.508 e. The van der Waals surface area contributed by atoms with Gasteiger partial charge in [0.25, 0.3) is 5.91 Å². The molecule has 0 saturated heterocycles. The number of fused-ring (bicyclic) bond motifs is 1. The Morgan fingerprint density at radius 3 is 2.78 bits per heavy atom. The smallest absolute Gasteiger partial charge is 0.257 e. The first kappa shape index (κ1) is 18.9. The molecule has 3 rings (SSSR count). The molecule has 7 nitrogen and oxygen atoms in total. The van der Waals surface area contributed by atoms with Crippen LogP contribution >= 0.6 is 0 Å². The average Bonchev–Trinajstić information content (AvgIpc) is 2.65. The van der Waals surface area contributed by atoms with Gasteiger partial charge in [0.15, 0.2) is 0 Å². The highest BCUT2D eigenvalue weighted by atomic mass is 16.3. The predicted octanol–water partition coefficient (Wildman–Crippen LogP) is 3.03. The van der Waals surface area contributed by atoms with Crippen LogP contribution < -0.4 is 5.32 Å². The third-order valence-corrected chi connectivity index (χ3v) is 4.75. The van der Waals surface area contributed by atoms with E-state index in [0.717, 1.165) is 24.2 Å². The Bertz CT molecular complexity index is 851. The summed E-state index contributed by atoms with van der Waals surface area (Å²) >= 11 is 0. The normalized spacial score (nSPS) is 13.6. The van der Waals surface area contributed by atoms with Gasteiger partial charge in [-0.2, -0.15) is 0 Å². The maximum absolute atomic E-state index is 13.0. The molecule has 0 fully saturated rings. The van der Waals surface area contributed by atoms with Crippen LogP contribution in [-0.2, 0) is 13.0 Å². The summed E-state index contributed by atoms with van der Waals surface area (Å²) in [6, 6.07) is 2.83. The second-order valence-electron chi connectivity index (χ2n) is 7.15. The minimum Gasteiger partial charge on any atom is -0.508 e. The van der Waals surface area contributed by atoms with Gasteiger partial charge in [-0.15, -0.1) is 0 Å². The number of hydrogen-bond donors (Lipinski definition) is 3. The number of phenols is 2. The summed E-state index contributed by atoms with van der Waals surface area (Å²) in [7, 11) is 0. The van der Waals surface area contributed by atoms with Gasteiger partial charge >= 0.3 is 0 Å². The lowest BCUT2D eigenvalue weighted by Gasteiger charge is -2.28. The summed E-state index contributed by atoms with van der Waals surface area (Å²) in [6.45, 7) is 7.69. The molecule has 3 N–H and O–H groups in total. The number of carbonyl (C=O) groups is 1. The number of benzene rings is 1. The SMILES string of the molecule is CCCNc1ncc2c(n1)CCN(C(=O)c1cc(C(C)C)c(O)cc1O)C2. The summed E-state index contributed by atoms with van der Waals surface area (Å²) in [5, 5.41) is 23.3. The van der Waals surface area contributed by atoms with E-state index in [1.807, 2.05) is 13.8 Å². The number of anilines is 1. The zero-order valence-corrected chi connectivity index (χ0v) is 16.0. The molecule has 2 heterocycles. The quantitative estimate of drug-likeness (QED) is 0.748. The summed E-state index contributed by atoms with van der Waals surface area (Å²) < 4.78 is 0. The average molecular weight is 370 g/mol. The third-order valence-electron chi connectivity index (χ3n) is 4.75. The van der Waals surface area contributed by atoms with Crippen LogP contribution in [0.2, 0.25) is 0 Å². The molecule has 0 unspecified atom stereocenters. The van der Waals surface area contributed by atoms with Crippen molar-refractivity contribution in [2.75, 3.05) is 18.4 Å². The highest BCUT2D eigenvalue weighted by Gasteiger charge is 2.26. The van der Waals surface area contributed by atoms with Gasteiger partial charge in [-0.3, -0.25) is 4.79 Å². The second kappa shape index (κ2) is 7.82. The van der Waals surface area contributed by atoms with E-state index in [9.17, 15) is 15.0 Å². The van der Waals surface area contributed by atoms with Crippen molar-refractivity contribution < 1.29 is 15.0 Å². The first-order chi connectivity index (χ1) is 12.9. The number of nitrogens with zero attached hydrogens (tertiary/aromatic N) is 3. The lowest BCUT2D eigenvalue weighted by Crippen LogP contribution is -2.36. The molecule has 144 valence electrons. The third kappa shape index (κ3) is 3.97. The van der Waals surface area contributed by atoms with Gasteiger partial charge in [-0.1, -0.05) is 20.8 Å². The van der Waals surface area contributed by atoms with Gasteiger partial charge in [0.05, 0.1) is 11.3 Å². The summed E-state index contributed by atoms with van der Waals surface area (Å²) in [6.07, 6.45) is 3.40. The van der Waals surface area contributed by atoms with Gasteiger partial charge in [-0.25, -0.2) is 9.97 Å². The van der Waals surface area contributed by atoms with E-state index in [4.69, 9.17) is 0 Å². The van der Waals surface area contributed by atoms with Crippen molar-refractivity contribution in [2.45, 2.75) is 46.1 Å². The number of aromatic nitrogens is 2. The van der Waals surface area contributed by atoms with Crippen LogP contribution in [0.3, 0.4) is 0 Å². The molecule has 7 heteroatoms. The van der Waals surface area contributed by atoms with Crippen LogP contribution in [0.25, 0.3) is 0 Å². The maximum Gasteiger partial charge on any atom is 0.257 e. The Hall–Kier alpha value is -2.83. The molecule has 0 saturated carbocycles. The van der Waals surface area contributed by atoms with Crippen LogP contribution in [0.4, 0.5) is 5.95 Å². The highest BCUT2D eigenvalue weighted by molar-refractivity contribution is 5.97. The Labute approximate surface area is 159 Å². The second-order valence-corrected chi connectivity index (χ2v) is 7.15. The summed E-state index contributed by atoms with van der Waals surface area (Å²) in [4.78, 5) is 23.5. The molecule has 1 aromatic heterocycles. The van der Waals surface area contributed by atoms with Crippen molar-refractivity contribution in [3.8, 4) is 11.5 Å². The number of phenolic OH excluding ortho intramolecular Hbond substituents is 2. The van der Waals surface area contributed by atoms with Crippen molar-refractivity contribution in [1.82, 2.24) is 14.9 Å². The number of carbonyl (C=O) groups excluding carboxylic acids is 1. The van der Waals surface area contributed by atoms with Crippen LogP contribution in [0.15, 0.2) is 18.3 Å². The van der Waals surface area contributed by atoms with Gasteiger partial charge < -0.3 is 20.4 Å². The molecular weight excluding hydrogens is 344 g/mol. The molecule has 0 aliphatic carbocycles. The van der Waals surface area contributed by atoms with E-state index >= 15 is 0 Å². The molecule has 1 aliphatic heterocycles. The Balaban J connectivity index is 1.81. The molecule has 2 aromatic rings. The Morgan fingerprint density at radius 1 is 1.30 bits per heavy atom. The van der Waals surface area contributed by atoms with Crippen molar-refractivity contribution in [3.63, 3.8) is 0 Å². The topological polar surface area (TPSA) is 98.6 Å². The molecule has 0 radical (unpaired) electrons. The number of nitrogens with one attached hydrogen (secondary N) is 1. The minimum atomic E-state index is -0.256. The van der Waals surface area contributed by atoms with Gasteiger partial charge in [0.2, 0.25) is 5.95 Å². The number of hydrogen-bond acceptors (Lipinski definition) is 6. The van der Waals surface area contributed by atoms with E-state index in [1.165, 1.54) is 6.07 Å². The monoisotopic (exact) mass is 370 g/mol. The van der Waals surface area contributed by atoms with E-state index < -0.39 is 0 Å². The molecule has 1 amide bonds. The first-order valence-corrected chi connectivity index (χ1v) is 9.34. The summed E-state index contributed by atoms with van der Waals surface area (Å²) in [5.74, 6) is 0.203. The molecule has 27 heavy (non-hydrogen) atoms. The molecule has 1 aromatic carbocycles. The molecule has 0 bridgehead atoms. The van der Waals surface area contributed by atoms with Crippen molar-refractivity contribution in [3.05, 3.63) is 40.7 Å². The van der Waals surface area contributed by atoms with Crippen LogP contribution in [-0.4, -0.2) is 44.1 Å². The lowest BCUT2D eigenvalue weighted by molar-refractivity contribution is 0.0730. The molecule has 0 atom stereocenters. The fourth-order valence-electron chi connectivity index (χ4n) is 3.21. The van der Waals surface area contributed by atoms with E-state index in [0.29, 0.717) is 31.0 Å². The van der Waals surface area contributed by atoms with Gasteiger partial charge in [-0.05, 0) is 24.0 Å². The van der Waals surface area contributed by atoms with Crippen LogP contribution in [0.1, 0.15) is 60.3 Å². The minimum absolute atomic E-state index is 0.00329. The predicted molar refractivity (Wildman–Crippen MR) is 103 cm³/mol. The number of rotatable bonds is 5. The lowest BCUT2D eigenvalue weighted by atomic mass is 9.97. The standard InChI is InChI=1S/C20H26N4O3/c1-4-6-21-20-22-10-13-11-24(7-5-16(13)23-20)19(27)15-8-14(12(2)3)17(25)9-18(15)26/h8-10,12,25-26H,4-7,11H2,1-3H3,(H,21,22,23). The Morgan fingerprint density at radius 2 is 2.07 bits per heavy atom. The maximum atomic E-state index is 13.0. The fraction of sp³-hybridized carbons (Fsp3) is 0.450. The first-order valence-electron chi connectivity index (χ1n) is 9.34. The van der Waals surface area contributed by atoms with E-state index in [1.54, 1.807) is 17.2 Å². The van der Waals surface area contributed by atoms with Crippen LogP contribution in [0, 0.1) is 0 Å². The highest BCUT2D eigenvalue weighted by Crippen LogP contribution is 2.33. The zero-order chi connectivity index (χ0) is 19.6. The van der Waals surface area contributed by atoms with Crippen molar-refractivity contribution in [1.29, 1.82) is 0 Å².